The van der Waals surface area contributed by atoms with Crippen molar-refractivity contribution in [1.29, 1.82) is 0 Å². The van der Waals surface area contributed by atoms with Crippen LogP contribution < -0.4 is 4.90 Å². The van der Waals surface area contributed by atoms with Gasteiger partial charge in [0.2, 0.25) is 0 Å². The number of benzene rings is 1. The third kappa shape index (κ3) is 2.95. The maximum atomic E-state index is 13.0. The van der Waals surface area contributed by atoms with Crippen LogP contribution in [0, 0.1) is 5.82 Å². The van der Waals surface area contributed by atoms with Crippen molar-refractivity contribution in [3.8, 4) is 0 Å². The predicted molar refractivity (Wildman–Crippen MR) is 82.4 cm³/mol. The van der Waals surface area contributed by atoms with Gasteiger partial charge in [0.1, 0.15) is 5.82 Å². The highest BCUT2D eigenvalue weighted by Crippen LogP contribution is 2.17. The first-order valence-corrected chi connectivity index (χ1v) is 7.49. The van der Waals surface area contributed by atoms with Crippen LogP contribution in [0.2, 0.25) is 0 Å². The summed E-state index contributed by atoms with van der Waals surface area (Å²) in [6.07, 6.45) is 3.41. The third-order valence-electron chi connectivity index (χ3n) is 3.96. The number of piperazine rings is 1. The van der Waals surface area contributed by atoms with Gasteiger partial charge in [0.15, 0.2) is 0 Å². The Balaban J connectivity index is 1.61. The Bertz CT molecular complexity index is 644. The highest BCUT2D eigenvalue weighted by Gasteiger charge is 2.23. The summed E-state index contributed by atoms with van der Waals surface area (Å²) in [6.45, 7) is 5.56. The van der Waals surface area contributed by atoms with E-state index < -0.39 is 0 Å². The Morgan fingerprint density at radius 2 is 1.86 bits per heavy atom. The fraction of sp³-hybridized carbons (Fsp3) is 0.375. The number of carbonyl (C=O) groups excluding carboxylic acids is 1. The zero-order valence-electron chi connectivity index (χ0n) is 12.6. The van der Waals surface area contributed by atoms with Crippen molar-refractivity contribution < 1.29 is 9.18 Å². The SMILES string of the molecule is CCn1cc(C(=O)N2CCN(c3ccc(F)cc3)CC2)cn1. The molecule has 0 unspecified atom stereocenters. The molecule has 2 heterocycles. The molecule has 22 heavy (non-hydrogen) atoms. The van der Waals surface area contributed by atoms with Crippen molar-refractivity contribution in [2.45, 2.75) is 13.5 Å². The molecule has 0 N–H and O–H groups in total. The van der Waals surface area contributed by atoms with E-state index in [2.05, 4.69) is 10.00 Å². The van der Waals surface area contributed by atoms with Crippen molar-refractivity contribution in [1.82, 2.24) is 14.7 Å². The number of hydrogen-bond acceptors (Lipinski definition) is 3. The smallest absolute Gasteiger partial charge is 0.257 e. The fourth-order valence-corrected chi connectivity index (χ4v) is 2.65. The van der Waals surface area contributed by atoms with Gasteiger partial charge in [0.05, 0.1) is 11.8 Å². The van der Waals surface area contributed by atoms with Gasteiger partial charge in [-0.15, -0.1) is 0 Å². The molecule has 2 aromatic rings. The molecule has 0 radical (unpaired) electrons. The monoisotopic (exact) mass is 302 g/mol. The van der Waals surface area contributed by atoms with Gasteiger partial charge in [-0.2, -0.15) is 5.10 Å². The average molecular weight is 302 g/mol. The second-order valence-corrected chi connectivity index (χ2v) is 5.34. The van der Waals surface area contributed by atoms with Crippen LogP contribution in [0.5, 0.6) is 0 Å². The molecule has 0 spiro atoms. The first-order valence-electron chi connectivity index (χ1n) is 7.49. The Kier molecular flexibility index (Phi) is 4.09. The molecule has 1 amide bonds. The molecule has 0 bridgehead atoms. The molecule has 3 rings (SSSR count). The van der Waals surface area contributed by atoms with Crippen molar-refractivity contribution in [2.75, 3.05) is 31.1 Å². The van der Waals surface area contributed by atoms with Gasteiger partial charge < -0.3 is 9.80 Å². The molecule has 1 aliphatic heterocycles. The van der Waals surface area contributed by atoms with Crippen LogP contribution in [0.25, 0.3) is 0 Å². The van der Waals surface area contributed by atoms with E-state index in [9.17, 15) is 9.18 Å². The lowest BCUT2D eigenvalue weighted by molar-refractivity contribution is 0.0746. The summed E-state index contributed by atoms with van der Waals surface area (Å²) in [7, 11) is 0. The van der Waals surface area contributed by atoms with Gasteiger partial charge in [0.25, 0.3) is 5.91 Å². The van der Waals surface area contributed by atoms with Crippen molar-refractivity contribution >= 4 is 11.6 Å². The van der Waals surface area contributed by atoms with E-state index in [0.717, 1.165) is 25.3 Å². The van der Waals surface area contributed by atoms with Gasteiger partial charge >= 0.3 is 0 Å². The van der Waals surface area contributed by atoms with Gasteiger partial charge in [-0.1, -0.05) is 0 Å². The van der Waals surface area contributed by atoms with E-state index in [1.165, 1.54) is 12.1 Å². The van der Waals surface area contributed by atoms with Crippen molar-refractivity contribution in [3.05, 3.63) is 48.0 Å². The molecule has 1 saturated heterocycles. The Morgan fingerprint density at radius 1 is 1.18 bits per heavy atom. The summed E-state index contributed by atoms with van der Waals surface area (Å²) in [4.78, 5) is 16.4. The van der Waals surface area contributed by atoms with E-state index in [1.807, 2.05) is 11.8 Å². The van der Waals surface area contributed by atoms with Crippen LogP contribution in [0.1, 0.15) is 17.3 Å². The molecular formula is C16H19FN4O. The third-order valence-corrected chi connectivity index (χ3v) is 3.96. The number of nitrogens with zero attached hydrogens (tertiary/aromatic N) is 4. The number of anilines is 1. The Hall–Kier alpha value is -2.37. The molecule has 0 atom stereocenters. The number of aryl methyl sites for hydroxylation is 1. The Labute approximate surface area is 128 Å². The van der Waals surface area contributed by atoms with Gasteiger partial charge in [-0.05, 0) is 31.2 Å². The number of carbonyl (C=O) groups is 1. The number of aromatic nitrogens is 2. The minimum atomic E-state index is -0.231. The minimum absolute atomic E-state index is 0.0263. The van der Waals surface area contributed by atoms with Crippen LogP contribution in [0.4, 0.5) is 10.1 Å². The second kappa shape index (κ2) is 6.17. The van der Waals surface area contributed by atoms with Gasteiger partial charge in [-0.3, -0.25) is 9.48 Å². The number of amides is 1. The molecule has 0 saturated carbocycles. The standard InChI is InChI=1S/C16H19FN4O/c1-2-21-12-13(11-18-21)16(22)20-9-7-19(8-10-20)15-5-3-14(17)4-6-15/h3-6,11-12H,2,7-10H2,1H3. The summed E-state index contributed by atoms with van der Waals surface area (Å²) in [5, 5.41) is 4.14. The van der Waals surface area contributed by atoms with E-state index in [4.69, 9.17) is 0 Å². The van der Waals surface area contributed by atoms with Gasteiger partial charge in [0, 0.05) is 44.6 Å². The summed E-state index contributed by atoms with van der Waals surface area (Å²) in [6, 6.07) is 6.48. The lowest BCUT2D eigenvalue weighted by Gasteiger charge is -2.36. The van der Waals surface area contributed by atoms with Crippen LogP contribution in [0.3, 0.4) is 0 Å². The summed E-state index contributed by atoms with van der Waals surface area (Å²) in [5.41, 5.74) is 1.63. The Morgan fingerprint density at radius 3 is 2.45 bits per heavy atom. The minimum Gasteiger partial charge on any atom is -0.368 e. The first kappa shape index (κ1) is 14.6. The highest BCUT2D eigenvalue weighted by molar-refractivity contribution is 5.93. The molecule has 116 valence electrons. The van der Waals surface area contributed by atoms with E-state index in [0.29, 0.717) is 18.7 Å². The largest absolute Gasteiger partial charge is 0.368 e. The fourth-order valence-electron chi connectivity index (χ4n) is 2.65. The number of halogens is 1. The predicted octanol–water partition coefficient (Wildman–Crippen LogP) is 2.00. The summed E-state index contributed by atoms with van der Waals surface area (Å²) >= 11 is 0. The van der Waals surface area contributed by atoms with Gasteiger partial charge in [-0.25, -0.2) is 4.39 Å². The van der Waals surface area contributed by atoms with Crippen LogP contribution in [0.15, 0.2) is 36.7 Å². The lowest BCUT2D eigenvalue weighted by atomic mass is 10.2. The summed E-state index contributed by atoms with van der Waals surface area (Å²) < 4.78 is 14.7. The van der Waals surface area contributed by atoms with Crippen LogP contribution in [-0.4, -0.2) is 46.8 Å². The van der Waals surface area contributed by atoms with E-state index in [-0.39, 0.29) is 11.7 Å². The maximum Gasteiger partial charge on any atom is 0.257 e. The lowest BCUT2D eigenvalue weighted by Crippen LogP contribution is -2.48. The number of rotatable bonds is 3. The average Bonchev–Trinajstić information content (AvgIpc) is 3.04. The molecule has 1 aromatic heterocycles. The molecular weight excluding hydrogens is 283 g/mol. The topological polar surface area (TPSA) is 41.4 Å². The van der Waals surface area contributed by atoms with Crippen molar-refractivity contribution in [3.63, 3.8) is 0 Å². The normalized spacial score (nSPS) is 15.2. The quantitative estimate of drug-likeness (QED) is 0.871. The molecule has 1 aromatic carbocycles. The molecule has 1 aliphatic rings. The first-order chi connectivity index (χ1) is 10.7. The molecule has 0 aliphatic carbocycles. The zero-order valence-corrected chi connectivity index (χ0v) is 12.6. The molecule has 5 nitrogen and oxygen atoms in total. The molecule has 1 fully saturated rings. The summed E-state index contributed by atoms with van der Waals surface area (Å²) in [5.74, 6) is -0.205. The van der Waals surface area contributed by atoms with E-state index in [1.54, 1.807) is 29.2 Å². The highest BCUT2D eigenvalue weighted by atomic mass is 19.1. The van der Waals surface area contributed by atoms with E-state index >= 15 is 0 Å². The molecule has 6 heteroatoms. The zero-order chi connectivity index (χ0) is 15.5. The number of hydrogen-bond donors (Lipinski definition) is 0. The van der Waals surface area contributed by atoms with Crippen LogP contribution >= 0.6 is 0 Å². The van der Waals surface area contributed by atoms with Crippen molar-refractivity contribution in [2.24, 2.45) is 0 Å². The van der Waals surface area contributed by atoms with Crippen LogP contribution in [-0.2, 0) is 6.54 Å². The maximum absolute atomic E-state index is 13.0. The second-order valence-electron chi connectivity index (χ2n) is 5.34.